The summed E-state index contributed by atoms with van der Waals surface area (Å²) in [7, 11) is 3.46. The Morgan fingerprint density at radius 1 is 1.33 bits per heavy atom. The Bertz CT molecular complexity index is 374. The molecule has 1 aromatic rings. The number of ether oxygens (including phenoxy) is 2. The second-order valence-corrected chi connectivity index (χ2v) is 4.04. The molecular weight excluding hydrogens is 236 g/mol. The van der Waals surface area contributed by atoms with Crippen molar-refractivity contribution in [3.8, 4) is 6.01 Å². The summed E-state index contributed by atoms with van der Waals surface area (Å²) in [4.78, 5) is 14.4. The highest BCUT2D eigenvalue weighted by atomic mass is 16.5. The van der Waals surface area contributed by atoms with E-state index in [2.05, 4.69) is 20.4 Å². The molecule has 2 rings (SSSR count). The molecule has 3 N–H and O–H groups in total. The highest BCUT2D eigenvalue weighted by Gasteiger charge is 2.21. The van der Waals surface area contributed by atoms with Gasteiger partial charge in [-0.2, -0.15) is 15.0 Å². The van der Waals surface area contributed by atoms with Crippen molar-refractivity contribution in [3.05, 3.63) is 0 Å². The fourth-order valence-corrected chi connectivity index (χ4v) is 1.90. The van der Waals surface area contributed by atoms with Crippen LogP contribution in [0, 0.1) is 0 Å². The van der Waals surface area contributed by atoms with Crippen LogP contribution in [0.5, 0.6) is 6.01 Å². The number of hydrazine groups is 1. The van der Waals surface area contributed by atoms with Crippen molar-refractivity contribution < 1.29 is 9.47 Å². The number of hydrogen-bond donors (Lipinski definition) is 2. The van der Waals surface area contributed by atoms with Gasteiger partial charge in [-0.1, -0.05) is 0 Å². The maximum Gasteiger partial charge on any atom is 0.322 e. The lowest BCUT2D eigenvalue weighted by Gasteiger charge is -2.31. The Kier molecular flexibility index (Phi) is 4.11. The van der Waals surface area contributed by atoms with E-state index in [0.717, 1.165) is 26.1 Å². The van der Waals surface area contributed by atoms with Gasteiger partial charge in [-0.3, -0.25) is 5.43 Å². The van der Waals surface area contributed by atoms with Gasteiger partial charge in [0.1, 0.15) is 0 Å². The van der Waals surface area contributed by atoms with Crippen molar-refractivity contribution in [2.24, 2.45) is 5.84 Å². The van der Waals surface area contributed by atoms with E-state index in [0.29, 0.717) is 12.0 Å². The van der Waals surface area contributed by atoms with Gasteiger partial charge < -0.3 is 14.4 Å². The number of aromatic nitrogens is 3. The molecule has 18 heavy (non-hydrogen) atoms. The number of hydrogen-bond acceptors (Lipinski definition) is 8. The van der Waals surface area contributed by atoms with E-state index in [9.17, 15) is 0 Å². The van der Waals surface area contributed by atoms with Crippen LogP contribution in [0.3, 0.4) is 0 Å². The van der Waals surface area contributed by atoms with Crippen molar-refractivity contribution in [1.29, 1.82) is 0 Å². The summed E-state index contributed by atoms with van der Waals surface area (Å²) >= 11 is 0. The highest BCUT2D eigenvalue weighted by molar-refractivity contribution is 5.38. The van der Waals surface area contributed by atoms with Gasteiger partial charge >= 0.3 is 6.01 Å². The lowest BCUT2D eigenvalue weighted by atomic mass is 10.1. The first-order chi connectivity index (χ1) is 8.74. The van der Waals surface area contributed by atoms with Gasteiger partial charge in [-0.25, -0.2) is 5.84 Å². The second-order valence-electron chi connectivity index (χ2n) is 4.04. The maximum atomic E-state index is 5.34. The van der Waals surface area contributed by atoms with Crippen LogP contribution in [0.4, 0.5) is 11.9 Å². The third-order valence-corrected chi connectivity index (χ3v) is 2.97. The zero-order valence-corrected chi connectivity index (χ0v) is 10.6. The molecule has 1 aromatic heterocycles. The summed E-state index contributed by atoms with van der Waals surface area (Å²) < 4.78 is 10.4. The molecule has 0 amide bonds. The highest BCUT2D eigenvalue weighted by Crippen LogP contribution is 2.20. The third-order valence-electron chi connectivity index (χ3n) is 2.97. The van der Waals surface area contributed by atoms with E-state index in [1.165, 1.54) is 7.11 Å². The van der Waals surface area contributed by atoms with E-state index >= 15 is 0 Å². The molecule has 1 saturated heterocycles. The molecule has 1 aliphatic rings. The molecule has 0 aliphatic carbocycles. The number of anilines is 2. The average molecular weight is 254 g/mol. The number of nitrogen functional groups attached to an aromatic ring is 1. The first-order valence-electron chi connectivity index (χ1n) is 5.82. The molecule has 0 bridgehead atoms. The summed E-state index contributed by atoms with van der Waals surface area (Å²) in [6, 6.07) is 0.600. The lowest BCUT2D eigenvalue weighted by Crippen LogP contribution is -2.37. The van der Waals surface area contributed by atoms with Gasteiger partial charge in [0.25, 0.3) is 0 Å². The molecule has 1 fully saturated rings. The van der Waals surface area contributed by atoms with Crippen LogP contribution in [0.2, 0.25) is 0 Å². The predicted molar refractivity (Wildman–Crippen MR) is 66.4 cm³/mol. The number of nitrogens with one attached hydrogen (secondary N) is 1. The molecule has 1 aliphatic heterocycles. The van der Waals surface area contributed by atoms with E-state index in [-0.39, 0.29) is 12.0 Å². The Morgan fingerprint density at radius 3 is 2.67 bits per heavy atom. The van der Waals surface area contributed by atoms with Crippen LogP contribution in [-0.2, 0) is 4.74 Å². The van der Waals surface area contributed by atoms with Crippen LogP contribution in [-0.4, -0.2) is 48.4 Å². The van der Waals surface area contributed by atoms with E-state index in [1.807, 2.05) is 11.9 Å². The summed E-state index contributed by atoms with van der Waals surface area (Å²) in [5.74, 6) is 6.16. The normalized spacial score (nSPS) is 16.4. The standard InChI is InChI=1S/C10H18N6O2/c1-16(7-3-5-18-6-4-7)9-12-8(15-11)13-10(14-9)17-2/h7H,3-6,11H2,1-2H3,(H,12,13,14,15). The zero-order valence-electron chi connectivity index (χ0n) is 10.6. The van der Waals surface area contributed by atoms with Crippen LogP contribution >= 0.6 is 0 Å². The molecule has 100 valence electrons. The second kappa shape index (κ2) is 5.78. The summed E-state index contributed by atoms with van der Waals surface area (Å²) in [5, 5.41) is 0. The number of methoxy groups -OCH3 is 1. The molecule has 2 heterocycles. The van der Waals surface area contributed by atoms with Crippen molar-refractivity contribution >= 4 is 11.9 Å². The third kappa shape index (κ3) is 2.77. The molecule has 0 atom stereocenters. The predicted octanol–water partition coefficient (Wildman–Crippen LogP) is -0.219. The minimum Gasteiger partial charge on any atom is -0.467 e. The summed E-state index contributed by atoms with van der Waals surface area (Å²) in [6.07, 6.45) is 1.91. The molecule has 0 saturated carbocycles. The summed E-state index contributed by atoms with van der Waals surface area (Å²) in [5.41, 5.74) is 2.41. The fraction of sp³-hybridized carbons (Fsp3) is 0.700. The first-order valence-corrected chi connectivity index (χ1v) is 5.82. The minimum absolute atomic E-state index is 0.242. The SMILES string of the molecule is COc1nc(NN)nc(N(C)C2CCOCC2)n1. The Labute approximate surface area is 105 Å². The van der Waals surface area contributed by atoms with Crippen LogP contribution in [0.15, 0.2) is 0 Å². The number of rotatable bonds is 4. The minimum atomic E-state index is 0.242. The maximum absolute atomic E-state index is 5.34. The van der Waals surface area contributed by atoms with E-state index in [4.69, 9.17) is 15.3 Å². The van der Waals surface area contributed by atoms with E-state index in [1.54, 1.807) is 0 Å². The molecule has 0 aromatic carbocycles. The van der Waals surface area contributed by atoms with Crippen molar-refractivity contribution in [2.45, 2.75) is 18.9 Å². The number of nitrogens with zero attached hydrogens (tertiary/aromatic N) is 4. The average Bonchev–Trinajstić information content (AvgIpc) is 2.46. The van der Waals surface area contributed by atoms with Crippen molar-refractivity contribution in [1.82, 2.24) is 15.0 Å². The molecule has 0 spiro atoms. The summed E-state index contributed by atoms with van der Waals surface area (Å²) in [6.45, 7) is 1.53. The van der Waals surface area contributed by atoms with Gasteiger partial charge in [-0.15, -0.1) is 0 Å². The zero-order chi connectivity index (χ0) is 13.0. The fourth-order valence-electron chi connectivity index (χ4n) is 1.90. The van der Waals surface area contributed by atoms with Gasteiger partial charge in [-0.05, 0) is 12.8 Å². The smallest absolute Gasteiger partial charge is 0.322 e. The van der Waals surface area contributed by atoms with Gasteiger partial charge in [0, 0.05) is 26.3 Å². The number of nitrogens with two attached hydrogens (primary N) is 1. The van der Waals surface area contributed by atoms with Gasteiger partial charge in [0.2, 0.25) is 11.9 Å². The largest absolute Gasteiger partial charge is 0.467 e. The van der Waals surface area contributed by atoms with Crippen LogP contribution in [0.1, 0.15) is 12.8 Å². The molecule has 8 heteroatoms. The Hall–Kier alpha value is -1.67. The molecule has 0 radical (unpaired) electrons. The Morgan fingerprint density at radius 2 is 2.06 bits per heavy atom. The van der Waals surface area contributed by atoms with Crippen LogP contribution < -0.4 is 20.9 Å². The van der Waals surface area contributed by atoms with Gasteiger partial charge in [0.15, 0.2) is 0 Å². The topological polar surface area (TPSA) is 98.4 Å². The first kappa shape index (κ1) is 12.8. The quantitative estimate of drug-likeness (QED) is 0.562. The monoisotopic (exact) mass is 254 g/mol. The lowest BCUT2D eigenvalue weighted by molar-refractivity contribution is 0.0852. The molecule has 0 unspecified atom stereocenters. The molecular formula is C10H18N6O2. The molecule has 8 nitrogen and oxygen atoms in total. The van der Waals surface area contributed by atoms with Gasteiger partial charge in [0.05, 0.1) is 7.11 Å². The van der Waals surface area contributed by atoms with Crippen molar-refractivity contribution in [3.63, 3.8) is 0 Å². The van der Waals surface area contributed by atoms with E-state index < -0.39 is 0 Å². The Balaban J connectivity index is 2.19. The van der Waals surface area contributed by atoms with Crippen LogP contribution in [0.25, 0.3) is 0 Å². The van der Waals surface area contributed by atoms with Crippen molar-refractivity contribution in [2.75, 3.05) is 37.7 Å².